The lowest BCUT2D eigenvalue weighted by Crippen LogP contribution is -2.54. The number of amides is 2. The minimum atomic E-state index is -0.0997. The van der Waals surface area contributed by atoms with Crippen molar-refractivity contribution in [3.63, 3.8) is 0 Å². The summed E-state index contributed by atoms with van der Waals surface area (Å²) in [5.74, 6) is 1.32. The van der Waals surface area contributed by atoms with Crippen LogP contribution >= 0.6 is 0 Å². The maximum atomic E-state index is 13.3. The van der Waals surface area contributed by atoms with E-state index in [0.717, 1.165) is 25.7 Å². The molecule has 0 aromatic heterocycles. The summed E-state index contributed by atoms with van der Waals surface area (Å²) in [5, 5.41) is 2.93. The first kappa shape index (κ1) is 19.6. The average Bonchev–Trinajstić information content (AvgIpc) is 2.61. The van der Waals surface area contributed by atoms with Gasteiger partial charge in [0.1, 0.15) is 0 Å². The summed E-state index contributed by atoms with van der Waals surface area (Å²) in [7, 11) is 1.63. The first-order chi connectivity index (χ1) is 12.5. The third kappa shape index (κ3) is 4.22. The van der Waals surface area contributed by atoms with Crippen molar-refractivity contribution in [2.24, 2.45) is 29.4 Å². The molecule has 1 saturated heterocycles. The lowest BCUT2D eigenvalue weighted by molar-refractivity contribution is -0.144. The molecule has 1 aliphatic heterocycles. The molecule has 3 aliphatic rings. The molecule has 1 heterocycles. The van der Waals surface area contributed by atoms with Crippen LogP contribution in [0.2, 0.25) is 0 Å². The first-order valence-electron chi connectivity index (χ1n) is 10.3. The SMILES string of the molecule is COCCNC(=O)C1CCC(C)N(C(=O)C2CC3CCCC(C2)C3N)C1. The van der Waals surface area contributed by atoms with Gasteiger partial charge in [-0.3, -0.25) is 9.59 Å². The molecular weight excluding hydrogens is 330 g/mol. The molecule has 0 aromatic carbocycles. The van der Waals surface area contributed by atoms with Gasteiger partial charge in [0.15, 0.2) is 0 Å². The number of methoxy groups -OCH3 is 1. The minimum absolute atomic E-state index is 0.0503. The summed E-state index contributed by atoms with van der Waals surface area (Å²) in [6.45, 7) is 3.71. The molecule has 0 spiro atoms. The summed E-state index contributed by atoms with van der Waals surface area (Å²) < 4.78 is 4.99. The van der Waals surface area contributed by atoms with Gasteiger partial charge >= 0.3 is 0 Å². The summed E-state index contributed by atoms with van der Waals surface area (Å²) in [6, 6.07) is 0.506. The molecule has 3 rings (SSSR count). The Kier molecular flexibility index (Phi) is 6.56. The van der Waals surface area contributed by atoms with Gasteiger partial charge in [0.25, 0.3) is 0 Å². The van der Waals surface area contributed by atoms with Gasteiger partial charge in [0.05, 0.1) is 12.5 Å². The van der Waals surface area contributed by atoms with Crippen LogP contribution in [0.25, 0.3) is 0 Å². The van der Waals surface area contributed by atoms with E-state index in [9.17, 15) is 9.59 Å². The van der Waals surface area contributed by atoms with Crippen LogP contribution in [0, 0.1) is 23.7 Å². The van der Waals surface area contributed by atoms with Crippen molar-refractivity contribution >= 4 is 11.8 Å². The Morgan fingerprint density at radius 1 is 1.12 bits per heavy atom. The molecule has 6 heteroatoms. The Bertz CT molecular complexity index is 499. The maximum Gasteiger partial charge on any atom is 0.225 e. The highest BCUT2D eigenvalue weighted by atomic mass is 16.5. The van der Waals surface area contributed by atoms with Crippen LogP contribution in [0.4, 0.5) is 0 Å². The van der Waals surface area contributed by atoms with E-state index in [4.69, 9.17) is 10.5 Å². The quantitative estimate of drug-likeness (QED) is 0.724. The number of hydrogen-bond donors (Lipinski definition) is 2. The van der Waals surface area contributed by atoms with Gasteiger partial charge in [-0.15, -0.1) is 0 Å². The highest BCUT2D eigenvalue weighted by Crippen LogP contribution is 2.43. The van der Waals surface area contributed by atoms with Gasteiger partial charge in [-0.05, 0) is 57.3 Å². The third-order valence-electron chi connectivity index (χ3n) is 6.90. The van der Waals surface area contributed by atoms with Crippen LogP contribution < -0.4 is 11.1 Å². The predicted octanol–water partition coefficient (Wildman–Crippen LogP) is 1.53. The number of fused-ring (bicyclic) bond motifs is 2. The first-order valence-corrected chi connectivity index (χ1v) is 10.3. The Morgan fingerprint density at radius 2 is 1.81 bits per heavy atom. The molecule has 3 N–H and O–H groups in total. The van der Waals surface area contributed by atoms with Crippen molar-refractivity contribution in [1.82, 2.24) is 10.2 Å². The number of carbonyl (C=O) groups excluding carboxylic acids is 2. The third-order valence-corrected chi connectivity index (χ3v) is 6.90. The van der Waals surface area contributed by atoms with E-state index in [0.29, 0.717) is 31.5 Å². The standard InChI is InChI=1S/C20H35N3O3/c1-13-6-7-16(19(24)22-8-9-26-2)12-23(13)20(25)17-10-14-4-3-5-15(11-17)18(14)21/h13-18H,3-12,21H2,1-2H3,(H,22,24). The molecule has 2 amide bonds. The predicted molar refractivity (Wildman–Crippen MR) is 100 cm³/mol. The molecule has 0 radical (unpaired) electrons. The zero-order valence-electron chi connectivity index (χ0n) is 16.3. The molecule has 2 saturated carbocycles. The van der Waals surface area contributed by atoms with E-state index in [1.165, 1.54) is 19.3 Å². The fourth-order valence-corrected chi connectivity index (χ4v) is 5.27. The van der Waals surface area contributed by atoms with E-state index < -0.39 is 0 Å². The number of nitrogens with one attached hydrogen (secondary N) is 1. The number of rotatable bonds is 5. The molecule has 4 atom stereocenters. The summed E-state index contributed by atoms with van der Waals surface area (Å²) in [4.78, 5) is 27.7. The Labute approximate surface area is 157 Å². The molecule has 26 heavy (non-hydrogen) atoms. The second kappa shape index (κ2) is 8.70. The average molecular weight is 366 g/mol. The van der Waals surface area contributed by atoms with Gasteiger partial charge in [-0.1, -0.05) is 6.42 Å². The van der Waals surface area contributed by atoms with Crippen molar-refractivity contribution in [2.75, 3.05) is 26.8 Å². The van der Waals surface area contributed by atoms with E-state index >= 15 is 0 Å². The molecule has 6 nitrogen and oxygen atoms in total. The van der Waals surface area contributed by atoms with Gasteiger partial charge in [-0.25, -0.2) is 0 Å². The molecule has 0 aromatic rings. The number of nitrogens with zero attached hydrogens (tertiary/aromatic N) is 1. The number of piperidine rings is 1. The lowest BCUT2D eigenvalue weighted by atomic mass is 9.64. The zero-order valence-corrected chi connectivity index (χ0v) is 16.3. The van der Waals surface area contributed by atoms with Crippen molar-refractivity contribution in [1.29, 1.82) is 0 Å². The Hall–Kier alpha value is -1.14. The zero-order chi connectivity index (χ0) is 18.7. The van der Waals surface area contributed by atoms with Crippen LogP contribution in [0.5, 0.6) is 0 Å². The second-order valence-corrected chi connectivity index (χ2v) is 8.59. The molecular formula is C20H35N3O3. The van der Waals surface area contributed by atoms with Gasteiger partial charge in [0, 0.05) is 38.2 Å². The minimum Gasteiger partial charge on any atom is -0.383 e. The van der Waals surface area contributed by atoms with Gasteiger partial charge in [-0.2, -0.15) is 0 Å². The van der Waals surface area contributed by atoms with E-state index in [-0.39, 0.29) is 35.7 Å². The summed E-state index contributed by atoms with van der Waals surface area (Å²) in [6.07, 6.45) is 7.21. The van der Waals surface area contributed by atoms with Crippen LogP contribution in [-0.2, 0) is 14.3 Å². The number of likely N-dealkylation sites (tertiary alicyclic amines) is 1. The number of carbonyl (C=O) groups is 2. The Balaban J connectivity index is 1.59. The van der Waals surface area contributed by atoms with Crippen LogP contribution in [-0.4, -0.2) is 55.6 Å². The number of ether oxygens (including phenoxy) is 1. The van der Waals surface area contributed by atoms with Crippen molar-refractivity contribution in [3.8, 4) is 0 Å². The van der Waals surface area contributed by atoms with Gasteiger partial charge in [0.2, 0.25) is 11.8 Å². The number of hydrogen-bond acceptors (Lipinski definition) is 4. The highest BCUT2D eigenvalue weighted by Gasteiger charge is 2.43. The highest BCUT2D eigenvalue weighted by molar-refractivity contribution is 5.82. The van der Waals surface area contributed by atoms with E-state index in [2.05, 4.69) is 12.2 Å². The fraction of sp³-hybridized carbons (Fsp3) is 0.900. The smallest absolute Gasteiger partial charge is 0.225 e. The largest absolute Gasteiger partial charge is 0.383 e. The molecule has 4 unspecified atom stereocenters. The van der Waals surface area contributed by atoms with Crippen molar-refractivity contribution < 1.29 is 14.3 Å². The molecule has 2 bridgehead atoms. The number of nitrogens with two attached hydrogens (primary N) is 1. The molecule has 2 aliphatic carbocycles. The lowest BCUT2D eigenvalue weighted by Gasteiger charge is -2.46. The van der Waals surface area contributed by atoms with Crippen LogP contribution in [0.1, 0.15) is 51.9 Å². The van der Waals surface area contributed by atoms with Crippen molar-refractivity contribution in [2.45, 2.75) is 64.0 Å². The fourth-order valence-electron chi connectivity index (χ4n) is 5.27. The summed E-state index contributed by atoms with van der Waals surface area (Å²) in [5.41, 5.74) is 6.38. The van der Waals surface area contributed by atoms with Gasteiger partial charge < -0.3 is 20.7 Å². The van der Waals surface area contributed by atoms with E-state index in [1.807, 2.05) is 4.90 Å². The molecule has 3 fully saturated rings. The van der Waals surface area contributed by atoms with Crippen LogP contribution in [0.3, 0.4) is 0 Å². The van der Waals surface area contributed by atoms with Crippen LogP contribution in [0.15, 0.2) is 0 Å². The summed E-state index contributed by atoms with van der Waals surface area (Å²) >= 11 is 0. The normalized spacial score (nSPS) is 37.3. The second-order valence-electron chi connectivity index (χ2n) is 8.59. The van der Waals surface area contributed by atoms with E-state index in [1.54, 1.807) is 7.11 Å². The molecule has 148 valence electrons. The maximum absolute atomic E-state index is 13.3. The monoisotopic (exact) mass is 365 g/mol. The van der Waals surface area contributed by atoms with Crippen molar-refractivity contribution in [3.05, 3.63) is 0 Å². The Morgan fingerprint density at radius 3 is 2.46 bits per heavy atom. The topological polar surface area (TPSA) is 84.7 Å².